The highest BCUT2D eigenvalue weighted by Crippen LogP contribution is 2.07. The van der Waals surface area contributed by atoms with Gasteiger partial charge in [0.2, 0.25) is 0 Å². The third-order valence-electron chi connectivity index (χ3n) is 2.71. The molecule has 2 rings (SSSR count). The van der Waals surface area contributed by atoms with Crippen LogP contribution in [-0.2, 0) is 0 Å². The molecule has 0 bridgehead atoms. The van der Waals surface area contributed by atoms with E-state index < -0.39 is 0 Å². The Labute approximate surface area is 105 Å². The van der Waals surface area contributed by atoms with Gasteiger partial charge < -0.3 is 10.2 Å². The van der Waals surface area contributed by atoms with Gasteiger partial charge in [-0.15, -0.1) is 0 Å². The second-order valence-electron chi connectivity index (χ2n) is 4.67. The molecule has 0 amide bonds. The number of nitrogens with zero attached hydrogens (tertiary/aromatic N) is 4. The van der Waals surface area contributed by atoms with Crippen LogP contribution >= 0.6 is 0 Å². The van der Waals surface area contributed by atoms with Gasteiger partial charge in [-0.1, -0.05) is 0 Å². The van der Waals surface area contributed by atoms with Crippen LogP contribution in [0.15, 0.2) is 17.2 Å². The van der Waals surface area contributed by atoms with Crippen molar-refractivity contribution in [3.05, 3.63) is 22.9 Å². The molecule has 7 heteroatoms. The summed E-state index contributed by atoms with van der Waals surface area (Å²) in [5.41, 5.74) is 0.294. The normalized spacial score (nSPS) is 13.1. The molecule has 98 valence electrons. The van der Waals surface area contributed by atoms with Gasteiger partial charge in [0.15, 0.2) is 5.65 Å². The Morgan fingerprint density at radius 1 is 1.56 bits per heavy atom. The zero-order valence-corrected chi connectivity index (χ0v) is 10.8. The molecule has 1 atom stereocenters. The van der Waals surface area contributed by atoms with Crippen LogP contribution in [0.4, 0.5) is 5.82 Å². The molecule has 0 aliphatic heterocycles. The van der Waals surface area contributed by atoms with Crippen molar-refractivity contribution in [2.75, 3.05) is 26.0 Å². The van der Waals surface area contributed by atoms with E-state index in [4.69, 9.17) is 0 Å². The van der Waals surface area contributed by atoms with Crippen LogP contribution in [-0.4, -0.2) is 51.2 Å². The maximum atomic E-state index is 11.3. The fourth-order valence-corrected chi connectivity index (χ4v) is 1.67. The number of H-pyrrole nitrogens is 1. The Hall–Kier alpha value is -1.89. The zero-order valence-electron chi connectivity index (χ0n) is 10.8. The van der Waals surface area contributed by atoms with Crippen molar-refractivity contribution in [1.29, 1.82) is 0 Å². The number of aromatic amines is 1. The van der Waals surface area contributed by atoms with Crippen molar-refractivity contribution in [3.8, 4) is 0 Å². The van der Waals surface area contributed by atoms with E-state index >= 15 is 0 Å². The molecule has 7 nitrogen and oxygen atoms in total. The number of rotatable bonds is 5. The van der Waals surface area contributed by atoms with Crippen LogP contribution in [0.25, 0.3) is 5.65 Å². The highest BCUT2D eigenvalue weighted by molar-refractivity contribution is 5.48. The number of fused-ring (bicyclic) bond motifs is 1. The minimum Gasteiger partial charge on any atom is -0.367 e. The minimum absolute atomic E-state index is 0.273. The first kappa shape index (κ1) is 12.6. The van der Waals surface area contributed by atoms with Crippen molar-refractivity contribution >= 4 is 11.5 Å². The number of nitrogens with one attached hydrogen (secondary N) is 2. The molecular formula is C11H18N6O. The van der Waals surface area contributed by atoms with E-state index in [2.05, 4.69) is 32.3 Å². The van der Waals surface area contributed by atoms with Gasteiger partial charge >= 0.3 is 5.69 Å². The van der Waals surface area contributed by atoms with Gasteiger partial charge in [-0.05, 0) is 34.0 Å². The van der Waals surface area contributed by atoms with Crippen LogP contribution in [0, 0.1) is 0 Å². The molecule has 2 aromatic rings. The molecule has 0 aliphatic carbocycles. The Kier molecular flexibility index (Phi) is 3.61. The molecule has 0 fully saturated rings. The van der Waals surface area contributed by atoms with E-state index in [1.54, 1.807) is 6.07 Å². The predicted molar refractivity (Wildman–Crippen MR) is 69.9 cm³/mol. The molecular weight excluding hydrogens is 232 g/mol. The average Bonchev–Trinajstić information content (AvgIpc) is 2.68. The van der Waals surface area contributed by atoms with E-state index in [0.29, 0.717) is 11.7 Å². The van der Waals surface area contributed by atoms with E-state index in [1.165, 1.54) is 10.7 Å². The summed E-state index contributed by atoms with van der Waals surface area (Å²) in [6, 6.07) is 2.07. The van der Waals surface area contributed by atoms with Gasteiger partial charge in [-0.3, -0.25) is 0 Å². The van der Waals surface area contributed by atoms with E-state index in [9.17, 15) is 4.79 Å². The fourth-order valence-electron chi connectivity index (χ4n) is 1.67. The van der Waals surface area contributed by atoms with Gasteiger partial charge in [0, 0.05) is 12.1 Å². The van der Waals surface area contributed by atoms with Crippen LogP contribution in [0.2, 0.25) is 0 Å². The maximum absolute atomic E-state index is 11.3. The molecule has 0 saturated heterocycles. The van der Waals surface area contributed by atoms with Crippen LogP contribution < -0.4 is 11.0 Å². The average molecular weight is 250 g/mol. The molecule has 0 spiro atoms. The maximum Gasteiger partial charge on any atom is 0.348 e. The van der Waals surface area contributed by atoms with Crippen molar-refractivity contribution < 1.29 is 0 Å². The van der Waals surface area contributed by atoms with Crippen LogP contribution in [0.3, 0.4) is 0 Å². The summed E-state index contributed by atoms with van der Waals surface area (Å²) in [4.78, 5) is 17.6. The summed E-state index contributed by atoms with van der Waals surface area (Å²) >= 11 is 0. The van der Waals surface area contributed by atoms with E-state index in [1.807, 2.05) is 14.1 Å². The first-order valence-electron chi connectivity index (χ1n) is 5.90. The van der Waals surface area contributed by atoms with Gasteiger partial charge in [-0.2, -0.15) is 5.10 Å². The molecule has 0 aromatic carbocycles. The Bertz CT molecular complexity index is 572. The number of hydrogen-bond acceptors (Lipinski definition) is 5. The highest BCUT2D eigenvalue weighted by atomic mass is 16.1. The fraction of sp³-hybridized carbons (Fsp3) is 0.545. The van der Waals surface area contributed by atoms with Crippen LogP contribution in [0.5, 0.6) is 0 Å². The largest absolute Gasteiger partial charge is 0.367 e. The summed E-state index contributed by atoms with van der Waals surface area (Å²) in [5, 5.41) is 9.57. The molecule has 2 aromatic heterocycles. The van der Waals surface area contributed by atoms with Gasteiger partial charge in [-0.25, -0.2) is 19.3 Å². The van der Waals surface area contributed by atoms with Gasteiger partial charge in [0.25, 0.3) is 0 Å². The molecule has 0 radical (unpaired) electrons. The Balaban J connectivity index is 2.05. The lowest BCUT2D eigenvalue weighted by atomic mass is 10.2. The second-order valence-corrected chi connectivity index (χ2v) is 4.67. The lowest BCUT2D eigenvalue weighted by molar-refractivity contribution is 0.390. The summed E-state index contributed by atoms with van der Waals surface area (Å²) in [6.07, 6.45) is 2.50. The monoisotopic (exact) mass is 250 g/mol. The molecule has 2 N–H and O–H groups in total. The van der Waals surface area contributed by atoms with Crippen molar-refractivity contribution in [3.63, 3.8) is 0 Å². The number of anilines is 1. The molecule has 0 aliphatic rings. The summed E-state index contributed by atoms with van der Waals surface area (Å²) in [7, 11) is 4.10. The zero-order chi connectivity index (χ0) is 13.1. The quantitative estimate of drug-likeness (QED) is 0.791. The molecule has 0 saturated carbocycles. The first-order valence-corrected chi connectivity index (χ1v) is 5.90. The summed E-state index contributed by atoms with van der Waals surface area (Å²) in [6.45, 7) is 3.12. The minimum atomic E-state index is -0.273. The van der Waals surface area contributed by atoms with Crippen molar-refractivity contribution in [2.24, 2.45) is 0 Å². The lowest BCUT2D eigenvalue weighted by Gasteiger charge is -2.17. The Morgan fingerprint density at radius 3 is 3.06 bits per heavy atom. The first-order chi connectivity index (χ1) is 8.56. The lowest BCUT2D eigenvalue weighted by Crippen LogP contribution is -2.23. The third kappa shape index (κ3) is 2.86. The third-order valence-corrected chi connectivity index (χ3v) is 2.71. The Morgan fingerprint density at radius 2 is 2.33 bits per heavy atom. The standard InChI is InChI=1S/C11H18N6O/c1-8(4-5-16(2)3)13-9-6-10-14-15-11(18)17(10)7-12-9/h6-8,13H,4-5H2,1-3H3,(H,15,18). The van der Waals surface area contributed by atoms with Gasteiger partial charge in [0.05, 0.1) is 0 Å². The number of hydrogen-bond donors (Lipinski definition) is 2. The molecule has 2 heterocycles. The molecule has 18 heavy (non-hydrogen) atoms. The SMILES string of the molecule is CC(CCN(C)C)Nc1cc2n[nH]c(=O)n2cn1. The van der Waals surface area contributed by atoms with E-state index in [0.717, 1.165) is 18.8 Å². The van der Waals surface area contributed by atoms with Crippen molar-refractivity contribution in [2.45, 2.75) is 19.4 Å². The summed E-state index contributed by atoms with van der Waals surface area (Å²) < 4.78 is 1.37. The topological polar surface area (TPSA) is 78.3 Å². The number of aromatic nitrogens is 4. The smallest absolute Gasteiger partial charge is 0.348 e. The molecule has 1 unspecified atom stereocenters. The predicted octanol–water partition coefficient (Wildman–Crippen LogP) is 0.170. The van der Waals surface area contributed by atoms with E-state index in [-0.39, 0.29) is 5.69 Å². The van der Waals surface area contributed by atoms with Crippen LogP contribution in [0.1, 0.15) is 13.3 Å². The summed E-state index contributed by atoms with van der Waals surface area (Å²) in [5.74, 6) is 0.729. The highest BCUT2D eigenvalue weighted by Gasteiger charge is 2.06. The van der Waals surface area contributed by atoms with Gasteiger partial charge in [0.1, 0.15) is 12.1 Å². The second kappa shape index (κ2) is 5.18. The van der Waals surface area contributed by atoms with Crippen molar-refractivity contribution in [1.82, 2.24) is 24.5 Å².